The molecular formula is C15H13FN2S. The van der Waals surface area contributed by atoms with Gasteiger partial charge in [0.15, 0.2) is 0 Å². The molecule has 0 aliphatic heterocycles. The molecule has 0 saturated heterocycles. The third-order valence-electron chi connectivity index (χ3n) is 2.89. The van der Waals surface area contributed by atoms with E-state index in [4.69, 9.17) is 0 Å². The lowest BCUT2D eigenvalue weighted by atomic mass is 10.2. The summed E-state index contributed by atoms with van der Waals surface area (Å²) in [7, 11) is 0. The van der Waals surface area contributed by atoms with Crippen LogP contribution in [0.25, 0.3) is 10.2 Å². The zero-order valence-electron chi connectivity index (χ0n) is 10.4. The average molecular weight is 272 g/mol. The molecule has 1 heterocycles. The van der Waals surface area contributed by atoms with Gasteiger partial charge in [0.1, 0.15) is 10.8 Å². The number of halogens is 1. The van der Waals surface area contributed by atoms with Gasteiger partial charge in [-0.05, 0) is 37.3 Å². The van der Waals surface area contributed by atoms with Crippen LogP contribution < -0.4 is 5.32 Å². The number of nitrogens with zero attached hydrogens (tertiary/aromatic N) is 1. The predicted molar refractivity (Wildman–Crippen MR) is 78.1 cm³/mol. The molecule has 0 aliphatic rings. The van der Waals surface area contributed by atoms with E-state index in [1.807, 2.05) is 31.2 Å². The Morgan fingerprint density at radius 3 is 2.79 bits per heavy atom. The lowest BCUT2D eigenvalue weighted by Crippen LogP contribution is -2.06. The maximum absolute atomic E-state index is 13.1. The molecule has 0 radical (unpaired) electrons. The maximum atomic E-state index is 13.1. The van der Waals surface area contributed by atoms with Crippen molar-refractivity contribution in [3.05, 3.63) is 59.4 Å². The average Bonchev–Trinajstić information content (AvgIpc) is 2.82. The summed E-state index contributed by atoms with van der Waals surface area (Å²) < 4.78 is 14.3. The van der Waals surface area contributed by atoms with Crippen LogP contribution in [0.2, 0.25) is 0 Å². The second-order valence-electron chi connectivity index (χ2n) is 4.40. The highest BCUT2D eigenvalue weighted by atomic mass is 32.1. The molecule has 1 aromatic heterocycles. The third-order valence-corrected chi connectivity index (χ3v) is 4.11. The van der Waals surface area contributed by atoms with E-state index in [2.05, 4.69) is 16.4 Å². The molecule has 96 valence electrons. The van der Waals surface area contributed by atoms with Crippen molar-refractivity contribution in [3.63, 3.8) is 0 Å². The molecule has 2 aromatic carbocycles. The van der Waals surface area contributed by atoms with E-state index < -0.39 is 0 Å². The minimum atomic E-state index is -0.235. The lowest BCUT2D eigenvalue weighted by Gasteiger charge is -2.12. The molecule has 3 aromatic rings. The first kappa shape index (κ1) is 12.1. The van der Waals surface area contributed by atoms with Gasteiger partial charge in [0, 0.05) is 5.69 Å². The molecule has 0 aliphatic carbocycles. The fourth-order valence-electron chi connectivity index (χ4n) is 1.97. The largest absolute Gasteiger partial charge is 0.376 e. The number of benzene rings is 2. The van der Waals surface area contributed by atoms with Crippen molar-refractivity contribution in [2.75, 3.05) is 5.32 Å². The first-order valence-corrected chi connectivity index (χ1v) is 6.91. The van der Waals surface area contributed by atoms with Crippen LogP contribution >= 0.6 is 11.3 Å². The lowest BCUT2D eigenvalue weighted by molar-refractivity contribution is 0.628. The van der Waals surface area contributed by atoms with Crippen LogP contribution in [-0.2, 0) is 0 Å². The van der Waals surface area contributed by atoms with Crippen molar-refractivity contribution in [2.45, 2.75) is 13.0 Å². The topological polar surface area (TPSA) is 24.9 Å². The highest BCUT2D eigenvalue weighted by molar-refractivity contribution is 7.18. The van der Waals surface area contributed by atoms with Gasteiger partial charge in [-0.25, -0.2) is 9.37 Å². The fraction of sp³-hybridized carbons (Fsp3) is 0.133. The molecule has 1 atom stereocenters. The molecule has 0 bridgehead atoms. The van der Waals surface area contributed by atoms with Gasteiger partial charge in [-0.15, -0.1) is 11.3 Å². The van der Waals surface area contributed by atoms with Gasteiger partial charge in [-0.3, -0.25) is 0 Å². The first-order valence-electron chi connectivity index (χ1n) is 6.10. The Morgan fingerprint density at radius 2 is 2.00 bits per heavy atom. The normalized spacial score (nSPS) is 12.5. The van der Waals surface area contributed by atoms with Gasteiger partial charge in [0.2, 0.25) is 0 Å². The number of anilines is 1. The minimum absolute atomic E-state index is 0.0548. The molecule has 2 nitrogen and oxygen atoms in total. The smallest absolute Gasteiger partial charge is 0.125 e. The number of hydrogen-bond acceptors (Lipinski definition) is 3. The molecule has 0 fully saturated rings. The summed E-state index contributed by atoms with van der Waals surface area (Å²) >= 11 is 1.66. The molecule has 1 N–H and O–H groups in total. The Hall–Kier alpha value is -1.94. The summed E-state index contributed by atoms with van der Waals surface area (Å²) in [6.45, 7) is 2.03. The van der Waals surface area contributed by atoms with Crippen molar-refractivity contribution < 1.29 is 4.39 Å². The van der Waals surface area contributed by atoms with Crippen molar-refractivity contribution in [2.24, 2.45) is 0 Å². The van der Waals surface area contributed by atoms with Crippen LogP contribution in [0.4, 0.5) is 10.1 Å². The zero-order valence-corrected chi connectivity index (χ0v) is 11.2. The Labute approximate surface area is 114 Å². The van der Waals surface area contributed by atoms with Crippen molar-refractivity contribution in [1.82, 2.24) is 4.98 Å². The molecule has 0 spiro atoms. The number of aromatic nitrogens is 1. The summed E-state index contributed by atoms with van der Waals surface area (Å²) in [5, 5.41) is 4.27. The number of hydrogen-bond donors (Lipinski definition) is 1. The summed E-state index contributed by atoms with van der Waals surface area (Å²) in [6, 6.07) is 14.6. The first-order chi connectivity index (χ1) is 9.22. The second kappa shape index (κ2) is 4.97. The monoisotopic (exact) mass is 272 g/mol. The van der Waals surface area contributed by atoms with Crippen LogP contribution in [0.1, 0.15) is 18.0 Å². The van der Waals surface area contributed by atoms with Gasteiger partial charge in [-0.2, -0.15) is 0 Å². The van der Waals surface area contributed by atoms with Gasteiger partial charge < -0.3 is 5.32 Å². The highest BCUT2D eigenvalue weighted by Crippen LogP contribution is 2.28. The standard InChI is InChI=1S/C15H13FN2S/c1-10(17-12-6-4-5-11(16)9-12)15-18-13-7-2-3-8-14(13)19-15/h2-10,17H,1H3. The molecule has 0 amide bonds. The van der Waals surface area contributed by atoms with E-state index in [1.165, 1.54) is 16.8 Å². The fourth-order valence-corrected chi connectivity index (χ4v) is 2.94. The molecular weight excluding hydrogens is 259 g/mol. The van der Waals surface area contributed by atoms with E-state index in [0.29, 0.717) is 0 Å². The highest BCUT2D eigenvalue weighted by Gasteiger charge is 2.11. The van der Waals surface area contributed by atoms with Crippen molar-refractivity contribution >= 4 is 27.2 Å². The van der Waals surface area contributed by atoms with Gasteiger partial charge in [0.25, 0.3) is 0 Å². The van der Waals surface area contributed by atoms with E-state index in [0.717, 1.165) is 16.2 Å². The van der Waals surface area contributed by atoms with E-state index in [9.17, 15) is 4.39 Å². The van der Waals surface area contributed by atoms with Crippen LogP contribution in [0.5, 0.6) is 0 Å². The molecule has 19 heavy (non-hydrogen) atoms. The van der Waals surface area contributed by atoms with Crippen LogP contribution in [0, 0.1) is 5.82 Å². The zero-order chi connectivity index (χ0) is 13.2. The number of thiazole rings is 1. The number of nitrogens with one attached hydrogen (secondary N) is 1. The van der Waals surface area contributed by atoms with Gasteiger partial charge >= 0.3 is 0 Å². The summed E-state index contributed by atoms with van der Waals surface area (Å²) in [5.74, 6) is -0.235. The Kier molecular flexibility index (Phi) is 3.17. The summed E-state index contributed by atoms with van der Waals surface area (Å²) in [5.41, 5.74) is 1.78. The van der Waals surface area contributed by atoms with Gasteiger partial charge in [0.05, 0.1) is 16.3 Å². The quantitative estimate of drug-likeness (QED) is 0.753. The molecule has 4 heteroatoms. The van der Waals surface area contributed by atoms with E-state index >= 15 is 0 Å². The number of fused-ring (bicyclic) bond motifs is 1. The summed E-state index contributed by atoms with van der Waals surface area (Å²) in [6.07, 6.45) is 0. The molecule has 3 rings (SSSR count). The van der Waals surface area contributed by atoms with Crippen molar-refractivity contribution in [3.8, 4) is 0 Å². The van der Waals surface area contributed by atoms with E-state index in [-0.39, 0.29) is 11.9 Å². The Morgan fingerprint density at radius 1 is 1.16 bits per heavy atom. The summed E-state index contributed by atoms with van der Waals surface area (Å²) in [4.78, 5) is 4.59. The van der Waals surface area contributed by atoms with Crippen LogP contribution in [-0.4, -0.2) is 4.98 Å². The van der Waals surface area contributed by atoms with Crippen LogP contribution in [0.15, 0.2) is 48.5 Å². The number of rotatable bonds is 3. The Balaban J connectivity index is 1.85. The van der Waals surface area contributed by atoms with Crippen LogP contribution in [0.3, 0.4) is 0 Å². The second-order valence-corrected chi connectivity index (χ2v) is 5.46. The SMILES string of the molecule is CC(Nc1cccc(F)c1)c1nc2ccccc2s1. The molecule has 0 saturated carbocycles. The van der Waals surface area contributed by atoms with Crippen molar-refractivity contribution in [1.29, 1.82) is 0 Å². The van der Waals surface area contributed by atoms with E-state index in [1.54, 1.807) is 17.4 Å². The molecule has 1 unspecified atom stereocenters. The number of para-hydroxylation sites is 1. The third kappa shape index (κ3) is 2.58. The minimum Gasteiger partial charge on any atom is -0.376 e. The maximum Gasteiger partial charge on any atom is 0.125 e. The Bertz CT molecular complexity index is 675. The predicted octanol–water partition coefficient (Wildman–Crippen LogP) is 4.61. The van der Waals surface area contributed by atoms with Gasteiger partial charge in [-0.1, -0.05) is 18.2 Å².